The summed E-state index contributed by atoms with van der Waals surface area (Å²) in [7, 11) is 0. The van der Waals surface area contributed by atoms with Gasteiger partial charge in [0.1, 0.15) is 4.88 Å². The van der Waals surface area contributed by atoms with E-state index in [2.05, 4.69) is 4.98 Å². The predicted octanol–water partition coefficient (Wildman–Crippen LogP) is 1.69. The molecule has 1 rings (SSSR count). The van der Waals surface area contributed by atoms with Gasteiger partial charge in [0.25, 0.3) is 0 Å². The van der Waals surface area contributed by atoms with Gasteiger partial charge in [-0.3, -0.25) is 0 Å². The second kappa shape index (κ2) is 4.34. The van der Waals surface area contributed by atoms with Crippen LogP contribution in [0.15, 0.2) is 0 Å². The van der Waals surface area contributed by atoms with E-state index >= 15 is 0 Å². The molecule has 0 aromatic carbocycles. The highest BCUT2D eigenvalue weighted by Gasteiger charge is 2.14. The number of carboxylic acid groups (broad SMARTS) is 1. The van der Waals surface area contributed by atoms with Crippen molar-refractivity contribution in [1.82, 2.24) is 4.98 Å². The van der Waals surface area contributed by atoms with Crippen LogP contribution < -0.4 is 0 Å². The van der Waals surface area contributed by atoms with Crippen molar-refractivity contribution in [3.05, 3.63) is 15.6 Å². The Morgan fingerprint density at radius 3 is 2.92 bits per heavy atom. The number of hydrogen-bond acceptors (Lipinski definition) is 4. The third-order valence-corrected chi connectivity index (χ3v) is 2.44. The van der Waals surface area contributed by atoms with Crippen molar-refractivity contribution in [1.29, 1.82) is 0 Å². The van der Waals surface area contributed by atoms with Gasteiger partial charge in [0, 0.05) is 6.61 Å². The number of nitrogens with zero attached hydrogens (tertiary/aromatic N) is 1. The minimum absolute atomic E-state index is 0.280. The van der Waals surface area contributed by atoms with Crippen LogP contribution >= 0.6 is 11.3 Å². The Bertz CT molecular complexity index is 308. The third-order valence-electron chi connectivity index (χ3n) is 1.44. The van der Waals surface area contributed by atoms with Crippen LogP contribution in [0.1, 0.15) is 27.3 Å². The fraction of sp³-hybridized carbons (Fsp3) is 0.500. The van der Waals surface area contributed by atoms with Gasteiger partial charge in [-0.25, -0.2) is 9.78 Å². The molecular formula is C8H11NO3S. The smallest absolute Gasteiger partial charge is 0.347 e. The predicted molar refractivity (Wildman–Crippen MR) is 49.1 cm³/mol. The summed E-state index contributed by atoms with van der Waals surface area (Å²) in [5, 5.41) is 9.55. The lowest BCUT2D eigenvalue weighted by molar-refractivity contribution is 0.0693. The molecule has 0 saturated carbocycles. The largest absolute Gasteiger partial charge is 0.477 e. The summed E-state index contributed by atoms with van der Waals surface area (Å²) < 4.78 is 5.10. The van der Waals surface area contributed by atoms with Gasteiger partial charge in [-0.1, -0.05) is 0 Å². The van der Waals surface area contributed by atoms with Crippen molar-refractivity contribution in [3.63, 3.8) is 0 Å². The molecule has 0 radical (unpaired) electrons. The number of carboxylic acids is 1. The number of rotatable bonds is 4. The summed E-state index contributed by atoms with van der Waals surface area (Å²) >= 11 is 1.18. The van der Waals surface area contributed by atoms with Crippen LogP contribution in [0.5, 0.6) is 0 Å². The Kier molecular flexibility index (Phi) is 3.39. The van der Waals surface area contributed by atoms with Crippen LogP contribution in [0.2, 0.25) is 0 Å². The zero-order valence-electron chi connectivity index (χ0n) is 7.53. The molecule has 1 aromatic heterocycles. The van der Waals surface area contributed by atoms with Gasteiger partial charge in [0.05, 0.1) is 17.3 Å². The summed E-state index contributed by atoms with van der Waals surface area (Å²) in [5.74, 6) is -0.930. The van der Waals surface area contributed by atoms with Crippen LogP contribution in [0.3, 0.4) is 0 Å². The van der Waals surface area contributed by atoms with Crippen molar-refractivity contribution in [2.24, 2.45) is 0 Å². The van der Waals surface area contributed by atoms with Gasteiger partial charge in [-0.05, 0) is 13.8 Å². The fourth-order valence-electron chi connectivity index (χ4n) is 0.934. The molecule has 72 valence electrons. The Hall–Kier alpha value is -0.940. The zero-order chi connectivity index (χ0) is 9.84. The van der Waals surface area contributed by atoms with E-state index < -0.39 is 5.97 Å². The van der Waals surface area contributed by atoms with E-state index in [4.69, 9.17) is 9.84 Å². The number of ether oxygens (including phenoxy) is 1. The monoisotopic (exact) mass is 201 g/mol. The SMILES string of the molecule is CCOCc1nc(C)sc1C(=O)O. The summed E-state index contributed by atoms with van der Waals surface area (Å²) in [6, 6.07) is 0. The van der Waals surface area contributed by atoms with Crippen molar-refractivity contribution in [2.45, 2.75) is 20.5 Å². The van der Waals surface area contributed by atoms with E-state index in [-0.39, 0.29) is 11.5 Å². The van der Waals surface area contributed by atoms with Gasteiger partial charge >= 0.3 is 5.97 Å². The third kappa shape index (κ3) is 2.50. The second-order valence-electron chi connectivity index (χ2n) is 2.45. The minimum Gasteiger partial charge on any atom is -0.477 e. The van der Waals surface area contributed by atoms with Crippen LogP contribution in [0, 0.1) is 6.92 Å². The van der Waals surface area contributed by atoms with Crippen LogP contribution in [-0.4, -0.2) is 22.7 Å². The Morgan fingerprint density at radius 2 is 2.38 bits per heavy atom. The molecule has 1 heterocycles. The molecule has 13 heavy (non-hydrogen) atoms. The Balaban J connectivity index is 2.84. The summed E-state index contributed by atoms with van der Waals surface area (Å²) in [4.78, 5) is 15.1. The molecule has 5 heteroatoms. The number of aromatic carboxylic acids is 1. The first-order valence-electron chi connectivity index (χ1n) is 3.92. The maximum atomic E-state index is 10.7. The second-order valence-corrected chi connectivity index (χ2v) is 3.65. The van der Waals surface area contributed by atoms with Crippen LogP contribution in [0.25, 0.3) is 0 Å². The Morgan fingerprint density at radius 1 is 1.69 bits per heavy atom. The zero-order valence-corrected chi connectivity index (χ0v) is 8.35. The average Bonchev–Trinajstić information content (AvgIpc) is 2.43. The average molecular weight is 201 g/mol. The van der Waals surface area contributed by atoms with Gasteiger partial charge < -0.3 is 9.84 Å². The van der Waals surface area contributed by atoms with E-state index in [0.717, 1.165) is 5.01 Å². The normalized spacial score (nSPS) is 10.3. The summed E-state index contributed by atoms with van der Waals surface area (Å²) in [6.45, 7) is 4.49. The van der Waals surface area contributed by atoms with Crippen molar-refractivity contribution in [3.8, 4) is 0 Å². The first kappa shape index (κ1) is 10.1. The molecule has 1 N–H and O–H groups in total. The molecule has 0 bridgehead atoms. The lowest BCUT2D eigenvalue weighted by Gasteiger charge is -1.97. The fourth-order valence-corrected chi connectivity index (χ4v) is 1.69. The molecule has 0 saturated heterocycles. The number of aryl methyl sites for hydroxylation is 1. The topological polar surface area (TPSA) is 59.4 Å². The molecule has 0 spiro atoms. The molecular weight excluding hydrogens is 190 g/mol. The van der Waals surface area contributed by atoms with Gasteiger partial charge in [-0.15, -0.1) is 11.3 Å². The van der Waals surface area contributed by atoms with E-state index in [1.165, 1.54) is 11.3 Å². The number of carbonyl (C=O) groups is 1. The molecule has 0 amide bonds. The standard InChI is InChI=1S/C8H11NO3S/c1-3-12-4-6-7(8(10)11)13-5(2)9-6/h3-4H2,1-2H3,(H,10,11). The van der Waals surface area contributed by atoms with Gasteiger partial charge in [0.2, 0.25) is 0 Å². The van der Waals surface area contributed by atoms with Crippen LogP contribution in [-0.2, 0) is 11.3 Å². The maximum absolute atomic E-state index is 10.7. The number of aromatic nitrogens is 1. The van der Waals surface area contributed by atoms with Gasteiger partial charge in [0.15, 0.2) is 0 Å². The highest BCUT2D eigenvalue weighted by atomic mass is 32.1. The molecule has 1 aromatic rings. The maximum Gasteiger partial charge on any atom is 0.347 e. The summed E-state index contributed by atoms with van der Waals surface area (Å²) in [6.07, 6.45) is 0. The lowest BCUT2D eigenvalue weighted by Crippen LogP contribution is -2.01. The Labute approximate surface area is 80.2 Å². The first-order valence-corrected chi connectivity index (χ1v) is 4.74. The molecule has 0 unspecified atom stereocenters. The highest BCUT2D eigenvalue weighted by molar-refractivity contribution is 7.13. The van der Waals surface area contributed by atoms with Gasteiger partial charge in [-0.2, -0.15) is 0 Å². The van der Waals surface area contributed by atoms with Crippen molar-refractivity contribution in [2.75, 3.05) is 6.61 Å². The molecule has 4 nitrogen and oxygen atoms in total. The molecule has 0 aliphatic rings. The quantitative estimate of drug-likeness (QED) is 0.805. The van der Waals surface area contributed by atoms with E-state index in [1.54, 1.807) is 6.92 Å². The number of thiazole rings is 1. The van der Waals surface area contributed by atoms with Crippen molar-refractivity contribution < 1.29 is 14.6 Å². The molecule has 0 aliphatic carbocycles. The highest BCUT2D eigenvalue weighted by Crippen LogP contribution is 2.18. The van der Waals surface area contributed by atoms with Crippen LogP contribution in [0.4, 0.5) is 0 Å². The van der Waals surface area contributed by atoms with Crippen molar-refractivity contribution >= 4 is 17.3 Å². The first-order chi connectivity index (χ1) is 6.15. The molecule has 0 atom stereocenters. The molecule has 0 fully saturated rings. The minimum atomic E-state index is -0.930. The molecule has 0 aliphatic heterocycles. The van der Waals surface area contributed by atoms with E-state index in [1.807, 2.05) is 6.92 Å². The van der Waals surface area contributed by atoms with E-state index in [0.29, 0.717) is 12.3 Å². The van der Waals surface area contributed by atoms with E-state index in [9.17, 15) is 4.79 Å². The number of hydrogen-bond donors (Lipinski definition) is 1. The summed E-state index contributed by atoms with van der Waals surface area (Å²) in [5.41, 5.74) is 0.525. The lowest BCUT2D eigenvalue weighted by atomic mass is 10.4.